The first-order valence-corrected chi connectivity index (χ1v) is 13.0. The number of fused-ring (bicyclic) bond motifs is 1. The maximum Gasteiger partial charge on any atom is 1.00 e. The summed E-state index contributed by atoms with van der Waals surface area (Å²) < 4.78 is 70.0. The van der Waals surface area contributed by atoms with Gasteiger partial charge in [-0.2, -0.15) is 18.6 Å². The molecule has 0 atom stereocenters. The molecule has 4 aromatic rings. The van der Waals surface area contributed by atoms with Crippen molar-refractivity contribution in [3.05, 3.63) is 66.7 Å². The predicted octanol–water partition coefficient (Wildman–Crippen LogP) is -1.93. The van der Waals surface area contributed by atoms with E-state index in [9.17, 15) is 31.0 Å². The molecule has 0 aliphatic rings. The van der Waals surface area contributed by atoms with Crippen LogP contribution in [0, 0.1) is 0 Å². The minimum absolute atomic E-state index is 0. The first kappa shape index (κ1) is 32.8. The van der Waals surface area contributed by atoms with Crippen molar-refractivity contribution in [2.75, 3.05) is 11.5 Å². The molecule has 4 rings (SSSR count). The normalized spacial score (nSPS) is 11.9. The maximum absolute atomic E-state index is 13.4. The Hall–Kier alpha value is -2.44. The largest absolute Gasteiger partial charge is 1.00 e. The quantitative estimate of drug-likeness (QED) is 0.0985. The standard InChI is InChI=1S/C22H18N6O7S2.2Na/c23-12-6-8-14(9-7-12)25-27-16-11-17(36(30,31)32)15-10-18(37(33,34)35)21(22(29)19(15)20(16)24)28-26-13-4-2-1-3-5-13;;/h1-11,29H,23-24H2,(H,30,31,32)(H,33,34,35);;/q;2*+1/p-2. The van der Waals surface area contributed by atoms with E-state index in [0.717, 1.165) is 6.07 Å². The van der Waals surface area contributed by atoms with Gasteiger partial charge in [0.15, 0.2) is 0 Å². The number of anilines is 2. The number of nitrogens with two attached hydrogens (primary N) is 2. The van der Waals surface area contributed by atoms with Crippen molar-refractivity contribution in [1.29, 1.82) is 0 Å². The van der Waals surface area contributed by atoms with E-state index in [4.69, 9.17) is 11.5 Å². The summed E-state index contributed by atoms with van der Waals surface area (Å²) in [6.45, 7) is 0. The molecule has 0 saturated carbocycles. The smallest absolute Gasteiger partial charge is 0.870 e. The monoisotopic (exact) mass is 586 g/mol. The summed E-state index contributed by atoms with van der Waals surface area (Å²) in [5.41, 5.74) is 11.1. The van der Waals surface area contributed by atoms with Crippen LogP contribution < -0.4 is 75.7 Å². The molecule has 0 saturated heterocycles. The Balaban J connectivity index is 0.00000267. The number of rotatable bonds is 6. The topological polar surface area (TPSA) is 236 Å². The zero-order chi connectivity index (χ0) is 27.0. The molecule has 0 radical (unpaired) electrons. The third kappa shape index (κ3) is 7.40. The van der Waals surface area contributed by atoms with E-state index < -0.39 is 57.9 Å². The molecule has 0 heterocycles. The van der Waals surface area contributed by atoms with E-state index in [-0.39, 0.29) is 70.5 Å². The Morgan fingerprint density at radius 2 is 1.31 bits per heavy atom. The zero-order valence-corrected chi connectivity index (χ0v) is 26.1. The Morgan fingerprint density at radius 3 is 1.87 bits per heavy atom. The van der Waals surface area contributed by atoms with Gasteiger partial charge in [0.25, 0.3) is 10.1 Å². The molecular formula is C22H16N6Na2O7S2. The Bertz CT molecular complexity index is 1800. The van der Waals surface area contributed by atoms with E-state index in [1.165, 1.54) is 36.4 Å². The number of benzene rings is 4. The molecule has 0 aliphatic carbocycles. The maximum atomic E-state index is 13.4. The second kappa shape index (κ2) is 12.8. The van der Waals surface area contributed by atoms with Gasteiger partial charge in [0.1, 0.15) is 20.7 Å². The van der Waals surface area contributed by atoms with E-state index in [1.54, 1.807) is 18.2 Å². The van der Waals surface area contributed by atoms with Crippen molar-refractivity contribution in [1.82, 2.24) is 0 Å². The van der Waals surface area contributed by atoms with Crippen LogP contribution >= 0.6 is 0 Å². The summed E-state index contributed by atoms with van der Waals surface area (Å²) in [5, 5.41) is 27.4. The first-order valence-electron chi connectivity index (χ1n) is 10.1. The van der Waals surface area contributed by atoms with E-state index in [1.807, 2.05) is 0 Å². The summed E-state index contributed by atoms with van der Waals surface area (Å²) in [6.07, 6.45) is 0. The van der Waals surface area contributed by atoms with Gasteiger partial charge in [-0.25, -0.2) is 8.42 Å². The minimum Gasteiger partial charge on any atom is -0.870 e. The molecule has 5 N–H and O–H groups in total. The van der Waals surface area contributed by atoms with Gasteiger partial charge in [-0.15, -0.1) is 10.2 Å². The first-order chi connectivity index (χ1) is 17.4. The number of nitrogen functional groups attached to an aromatic ring is 2. The summed E-state index contributed by atoms with van der Waals surface area (Å²) >= 11 is 0. The van der Waals surface area contributed by atoms with Crippen LogP contribution in [0.25, 0.3) is 10.8 Å². The van der Waals surface area contributed by atoms with E-state index in [2.05, 4.69) is 20.5 Å². The Morgan fingerprint density at radius 1 is 0.744 bits per heavy atom. The average Bonchev–Trinajstić information content (AvgIpc) is 2.83. The third-order valence-electron chi connectivity index (χ3n) is 5.03. The Labute approximate surface area is 267 Å². The van der Waals surface area contributed by atoms with Gasteiger partial charge in [0.2, 0.25) is 0 Å². The van der Waals surface area contributed by atoms with Crippen molar-refractivity contribution < 1.29 is 90.2 Å². The van der Waals surface area contributed by atoms with Crippen molar-refractivity contribution in [3.8, 4) is 5.75 Å². The fraction of sp³-hybridized carbons (Fsp3) is 0. The van der Waals surface area contributed by atoms with Gasteiger partial charge in [0.05, 0.1) is 27.6 Å². The van der Waals surface area contributed by atoms with Gasteiger partial charge in [-0.3, -0.25) is 4.55 Å². The van der Waals surface area contributed by atoms with Crippen molar-refractivity contribution >= 4 is 65.1 Å². The number of hydrogen-bond acceptors (Lipinski definition) is 12. The van der Waals surface area contributed by atoms with Gasteiger partial charge < -0.3 is 21.1 Å². The molecular weight excluding hydrogens is 570 g/mol. The molecule has 0 aromatic heterocycles. The molecule has 4 aromatic carbocycles. The molecule has 0 fully saturated rings. The minimum atomic E-state index is -5.30. The third-order valence-corrected chi connectivity index (χ3v) is 6.78. The van der Waals surface area contributed by atoms with Gasteiger partial charge in [-0.05, 0) is 48.5 Å². The summed E-state index contributed by atoms with van der Waals surface area (Å²) in [6, 6.07) is 15.3. The molecule has 39 heavy (non-hydrogen) atoms. The molecule has 0 aliphatic heterocycles. The van der Waals surface area contributed by atoms with Crippen LogP contribution in [0.15, 0.2) is 97.0 Å². The second-order valence-electron chi connectivity index (χ2n) is 7.54. The molecule has 13 nitrogen and oxygen atoms in total. The van der Waals surface area contributed by atoms with Crippen LogP contribution in [0.2, 0.25) is 0 Å². The van der Waals surface area contributed by atoms with Crippen LogP contribution in [0.4, 0.5) is 34.1 Å². The number of nitrogens with zero attached hydrogens (tertiary/aromatic N) is 4. The fourth-order valence-corrected chi connectivity index (χ4v) is 4.66. The van der Waals surface area contributed by atoms with Crippen LogP contribution in [0.5, 0.6) is 5.75 Å². The molecule has 17 heteroatoms. The molecule has 0 spiro atoms. The fourth-order valence-electron chi connectivity index (χ4n) is 3.33. The molecule has 0 unspecified atom stereocenters. The van der Waals surface area contributed by atoms with Crippen LogP contribution in [-0.4, -0.2) is 25.9 Å². The number of hydrogen-bond donors (Lipinski definition) is 3. The van der Waals surface area contributed by atoms with Crippen LogP contribution in [0.3, 0.4) is 0 Å². The molecule has 0 amide bonds. The average molecular weight is 587 g/mol. The summed E-state index contributed by atoms with van der Waals surface area (Å²) in [4.78, 5) is -2.07. The SMILES string of the molecule is Nc1ccc(N=Nc2cc(S(=O)(=O)[O-])c3cc(S(=O)(=O)O)c(N=Nc4ccccc4)c([O-])c3c2N)cc1.[Na+].[Na+]. The van der Waals surface area contributed by atoms with Crippen LogP contribution in [0.1, 0.15) is 0 Å². The predicted molar refractivity (Wildman–Crippen MR) is 131 cm³/mol. The van der Waals surface area contributed by atoms with Gasteiger partial charge >= 0.3 is 59.1 Å². The zero-order valence-electron chi connectivity index (χ0n) is 20.5. The van der Waals surface area contributed by atoms with E-state index in [0.29, 0.717) is 17.4 Å². The van der Waals surface area contributed by atoms with Gasteiger partial charge in [0, 0.05) is 16.5 Å². The summed E-state index contributed by atoms with van der Waals surface area (Å²) in [7, 11) is -10.4. The summed E-state index contributed by atoms with van der Waals surface area (Å²) in [5.74, 6) is -1.21. The molecule has 190 valence electrons. The van der Waals surface area contributed by atoms with Crippen molar-refractivity contribution in [3.63, 3.8) is 0 Å². The number of azo groups is 2. The van der Waals surface area contributed by atoms with Crippen molar-refractivity contribution in [2.45, 2.75) is 9.79 Å². The second-order valence-corrected chi connectivity index (χ2v) is 10.3. The van der Waals surface area contributed by atoms with Crippen molar-refractivity contribution in [2.24, 2.45) is 20.5 Å². The van der Waals surface area contributed by atoms with Gasteiger partial charge in [-0.1, -0.05) is 23.9 Å². The van der Waals surface area contributed by atoms with E-state index >= 15 is 0 Å². The molecule has 0 bridgehead atoms. The van der Waals surface area contributed by atoms with Crippen LogP contribution in [-0.2, 0) is 20.2 Å². The Kier molecular flexibility index (Phi) is 10.8.